The molecule has 196 valence electrons. The zero-order chi connectivity index (χ0) is 25.9. The second-order valence-corrected chi connectivity index (χ2v) is 10.6. The Morgan fingerprint density at radius 1 is 0.946 bits per heavy atom. The minimum absolute atomic E-state index is 0.0240. The third-order valence-corrected chi connectivity index (χ3v) is 8.44. The van der Waals surface area contributed by atoms with Crippen LogP contribution in [-0.2, 0) is 0 Å². The van der Waals surface area contributed by atoms with E-state index < -0.39 is 40.9 Å². The van der Waals surface area contributed by atoms with E-state index in [0.717, 1.165) is 25.0 Å². The lowest BCUT2D eigenvalue weighted by molar-refractivity contribution is -0.0570. The third kappa shape index (κ3) is 4.39. The average Bonchev–Trinajstić information content (AvgIpc) is 2.86. The molecule has 5 nitrogen and oxygen atoms in total. The first-order chi connectivity index (χ1) is 17.7. The summed E-state index contributed by atoms with van der Waals surface area (Å²) in [7, 11) is 0. The summed E-state index contributed by atoms with van der Waals surface area (Å²) in [6, 6.07) is 5.60. The standard InChI is InChI=1S/C27H27F5N4O/c28-15-1-2-18(20(30)12-15)23-24(14-5-9-36(10-6-14)17-3-7-27(31,32)8-4-17)33-21-13-16(29)11-19-22(21)25(23)34-35-26(19)37/h1-2,11-14,17,23-24,33H,3-10H2,(H,35,37)/t23-,24-/m0/s1. The van der Waals surface area contributed by atoms with Crippen LogP contribution in [0.15, 0.2) is 35.1 Å². The molecule has 2 aliphatic heterocycles. The smallest absolute Gasteiger partial charge is 0.272 e. The minimum atomic E-state index is -2.58. The molecule has 2 atom stereocenters. The molecule has 10 heteroatoms. The number of hydrogen-bond donors (Lipinski definition) is 2. The van der Waals surface area contributed by atoms with Gasteiger partial charge in [0.05, 0.1) is 17.0 Å². The van der Waals surface area contributed by atoms with Gasteiger partial charge in [-0.3, -0.25) is 4.79 Å². The van der Waals surface area contributed by atoms with Gasteiger partial charge in [-0.25, -0.2) is 27.1 Å². The molecule has 2 aromatic carbocycles. The van der Waals surface area contributed by atoms with E-state index in [2.05, 4.69) is 20.4 Å². The van der Waals surface area contributed by atoms with Crippen molar-refractivity contribution < 1.29 is 22.0 Å². The molecular weight excluding hydrogens is 491 g/mol. The molecule has 37 heavy (non-hydrogen) atoms. The highest BCUT2D eigenvalue weighted by Crippen LogP contribution is 2.45. The number of likely N-dealkylation sites (tertiary alicyclic amines) is 1. The van der Waals surface area contributed by atoms with E-state index in [1.165, 1.54) is 18.2 Å². The first-order valence-corrected chi connectivity index (χ1v) is 12.8. The van der Waals surface area contributed by atoms with Crippen molar-refractivity contribution in [3.8, 4) is 0 Å². The van der Waals surface area contributed by atoms with Gasteiger partial charge in [0.15, 0.2) is 0 Å². The Bertz CT molecular complexity index is 1390. The molecule has 0 spiro atoms. The van der Waals surface area contributed by atoms with Crippen molar-refractivity contribution in [2.24, 2.45) is 5.92 Å². The molecule has 2 fully saturated rings. The van der Waals surface area contributed by atoms with Crippen LogP contribution in [0, 0.1) is 23.4 Å². The number of benzene rings is 2. The van der Waals surface area contributed by atoms with Crippen molar-refractivity contribution in [3.63, 3.8) is 0 Å². The quantitative estimate of drug-likeness (QED) is 0.446. The lowest BCUT2D eigenvalue weighted by atomic mass is 9.74. The molecule has 3 heterocycles. The molecule has 0 unspecified atom stereocenters. The maximum absolute atomic E-state index is 15.1. The highest BCUT2D eigenvalue weighted by molar-refractivity contribution is 5.97. The SMILES string of the molecule is O=c1[nH]nc2c3c(cc(F)cc13)N[C@@H](C1CCN(C3CCC(F)(F)CC3)CC1)[C@@H]2c1ccc(F)cc1F. The number of nitrogens with one attached hydrogen (secondary N) is 2. The minimum Gasteiger partial charge on any atom is -0.380 e. The van der Waals surface area contributed by atoms with Crippen molar-refractivity contribution >= 4 is 16.5 Å². The monoisotopic (exact) mass is 518 g/mol. The topological polar surface area (TPSA) is 61.0 Å². The van der Waals surface area contributed by atoms with E-state index in [-0.39, 0.29) is 35.8 Å². The zero-order valence-electron chi connectivity index (χ0n) is 20.0. The van der Waals surface area contributed by atoms with E-state index in [1.807, 2.05) is 0 Å². The molecule has 0 radical (unpaired) electrons. The van der Waals surface area contributed by atoms with Crippen molar-refractivity contribution in [1.29, 1.82) is 0 Å². The Hall–Kier alpha value is -3.01. The second kappa shape index (κ2) is 9.08. The van der Waals surface area contributed by atoms with E-state index >= 15 is 4.39 Å². The number of rotatable bonds is 3. The van der Waals surface area contributed by atoms with Crippen LogP contribution < -0.4 is 10.9 Å². The number of H-pyrrole nitrogens is 1. The van der Waals surface area contributed by atoms with Gasteiger partial charge in [0.25, 0.3) is 5.56 Å². The number of aromatic nitrogens is 2. The number of halogens is 5. The number of piperidine rings is 1. The van der Waals surface area contributed by atoms with Gasteiger partial charge in [-0.15, -0.1) is 0 Å². The molecule has 1 aliphatic carbocycles. The fourth-order valence-corrected chi connectivity index (χ4v) is 6.58. The maximum atomic E-state index is 15.1. The fraction of sp³-hybridized carbons (Fsp3) is 0.481. The summed E-state index contributed by atoms with van der Waals surface area (Å²) in [5, 5.41) is 10.6. The summed E-state index contributed by atoms with van der Waals surface area (Å²) in [6.45, 7) is 1.42. The predicted molar refractivity (Wildman–Crippen MR) is 129 cm³/mol. The van der Waals surface area contributed by atoms with Gasteiger partial charge in [-0.1, -0.05) is 6.07 Å². The molecule has 6 rings (SSSR count). The zero-order valence-corrected chi connectivity index (χ0v) is 20.0. The molecular formula is C27H27F5N4O. The Balaban J connectivity index is 1.35. The van der Waals surface area contributed by atoms with Gasteiger partial charge >= 0.3 is 0 Å². The first kappa shape index (κ1) is 24.3. The van der Waals surface area contributed by atoms with Gasteiger partial charge < -0.3 is 10.2 Å². The maximum Gasteiger partial charge on any atom is 0.272 e. The van der Waals surface area contributed by atoms with Gasteiger partial charge in [0.1, 0.15) is 17.5 Å². The Labute approximate surface area is 210 Å². The largest absolute Gasteiger partial charge is 0.380 e. The van der Waals surface area contributed by atoms with Crippen LogP contribution in [0.4, 0.5) is 27.6 Å². The molecule has 3 aromatic rings. The Kier molecular flexibility index (Phi) is 5.97. The number of aromatic amines is 1. The van der Waals surface area contributed by atoms with Crippen LogP contribution in [0.25, 0.3) is 10.8 Å². The summed E-state index contributed by atoms with van der Waals surface area (Å²) in [5.74, 6) is -5.20. The third-order valence-electron chi connectivity index (χ3n) is 8.44. The van der Waals surface area contributed by atoms with Crippen LogP contribution in [0.1, 0.15) is 55.7 Å². The van der Waals surface area contributed by atoms with Gasteiger partial charge in [0, 0.05) is 42.1 Å². The molecule has 1 saturated heterocycles. The van der Waals surface area contributed by atoms with E-state index in [1.54, 1.807) is 0 Å². The Morgan fingerprint density at radius 3 is 2.38 bits per heavy atom. The predicted octanol–water partition coefficient (Wildman–Crippen LogP) is 5.56. The first-order valence-electron chi connectivity index (χ1n) is 12.8. The lowest BCUT2D eigenvalue weighted by Gasteiger charge is -2.45. The summed E-state index contributed by atoms with van der Waals surface area (Å²) in [6.07, 6.45) is 2.19. The molecule has 1 saturated carbocycles. The lowest BCUT2D eigenvalue weighted by Crippen LogP contribution is -2.49. The molecule has 2 N–H and O–H groups in total. The van der Waals surface area contributed by atoms with E-state index in [9.17, 15) is 22.4 Å². The molecule has 0 bridgehead atoms. The normalized spacial score (nSPS) is 24.8. The summed E-state index contributed by atoms with van der Waals surface area (Å²) >= 11 is 0. The highest BCUT2D eigenvalue weighted by Gasteiger charge is 2.42. The van der Waals surface area contributed by atoms with Crippen LogP contribution in [-0.4, -0.2) is 46.2 Å². The van der Waals surface area contributed by atoms with Crippen molar-refractivity contribution in [1.82, 2.24) is 15.1 Å². The highest BCUT2D eigenvalue weighted by atomic mass is 19.3. The van der Waals surface area contributed by atoms with Crippen molar-refractivity contribution in [2.75, 3.05) is 18.4 Å². The molecule has 0 amide bonds. The second-order valence-electron chi connectivity index (χ2n) is 10.6. The van der Waals surface area contributed by atoms with Crippen LogP contribution >= 0.6 is 0 Å². The van der Waals surface area contributed by atoms with Gasteiger partial charge in [0.2, 0.25) is 5.92 Å². The number of nitrogens with zero attached hydrogens (tertiary/aromatic N) is 2. The van der Waals surface area contributed by atoms with Crippen molar-refractivity contribution in [2.45, 2.75) is 62.4 Å². The van der Waals surface area contributed by atoms with Crippen molar-refractivity contribution in [3.05, 3.63) is 69.4 Å². The van der Waals surface area contributed by atoms with Gasteiger partial charge in [-0.2, -0.15) is 5.10 Å². The van der Waals surface area contributed by atoms with Gasteiger partial charge in [-0.05, 0) is 68.5 Å². The van der Waals surface area contributed by atoms with E-state index in [4.69, 9.17) is 0 Å². The van der Waals surface area contributed by atoms with Crippen LogP contribution in [0.2, 0.25) is 0 Å². The summed E-state index contributed by atoms with van der Waals surface area (Å²) in [4.78, 5) is 14.7. The summed E-state index contributed by atoms with van der Waals surface area (Å²) in [5.41, 5.74) is 0.524. The number of anilines is 1. The van der Waals surface area contributed by atoms with Crippen LogP contribution in [0.5, 0.6) is 0 Å². The molecule has 1 aromatic heterocycles. The average molecular weight is 519 g/mol. The summed E-state index contributed by atoms with van der Waals surface area (Å²) < 4.78 is 70.7. The Morgan fingerprint density at radius 2 is 1.68 bits per heavy atom. The van der Waals surface area contributed by atoms with E-state index in [0.29, 0.717) is 42.7 Å². The molecule has 3 aliphatic rings. The van der Waals surface area contributed by atoms with Crippen LogP contribution in [0.3, 0.4) is 0 Å². The fourth-order valence-electron chi connectivity index (χ4n) is 6.58. The number of alkyl halides is 2. The number of hydrogen-bond acceptors (Lipinski definition) is 4.